The highest BCUT2D eigenvalue weighted by atomic mass is 16.4. The lowest BCUT2D eigenvalue weighted by atomic mass is 9.69. The van der Waals surface area contributed by atoms with Crippen molar-refractivity contribution in [3.63, 3.8) is 0 Å². The van der Waals surface area contributed by atoms with E-state index in [9.17, 15) is 15.0 Å². The summed E-state index contributed by atoms with van der Waals surface area (Å²) < 4.78 is 0. The molecule has 2 atom stereocenters. The molecule has 0 saturated carbocycles. The SMILES string of the molecule is CN1CCC[C@]2(CO)CCN(c3ncccc3C(=O)O)C[C@@H]12. The number of likely N-dealkylation sites (tertiary alicyclic amines) is 1. The Morgan fingerprint density at radius 3 is 3.00 bits per heavy atom. The zero-order valence-electron chi connectivity index (χ0n) is 12.9. The molecule has 0 spiro atoms. The van der Waals surface area contributed by atoms with Crippen LogP contribution in [0.1, 0.15) is 29.6 Å². The lowest BCUT2D eigenvalue weighted by molar-refractivity contribution is -0.0277. The van der Waals surface area contributed by atoms with Gasteiger partial charge in [-0.2, -0.15) is 0 Å². The number of carboxylic acids is 1. The van der Waals surface area contributed by atoms with Gasteiger partial charge in [-0.1, -0.05) is 0 Å². The first kappa shape index (κ1) is 15.2. The van der Waals surface area contributed by atoms with E-state index in [2.05, 4.69) is 21.8 Å². The van der Waals surface area contributed by atoms with Crippen molar-refractivity contribution in [3.05, 3.63) is 23.9 Å². The molecule has 3 heterocycles. The minimum Gasteiger partial charge on any atom is -0.478 e. The van der Waals surface area contributed by atoms with Crippen LogP contribution in [-0.2, 0) is 0 Å². The largest absolute Gasteiger partial charge is 0.478 e. The van der Waals surface area contributed by atoms with Crippen LogP contribution in [0.2, 0.25) is 0 Å². The van der Waals surface area contributed by atoms with Crippen molar-refractivity contribution in [2.75, 3.05) is 38.2 Å². The molecule has 0 amide bonds. The Kier molecular flexibility index (Phi) is 4.06. The van der Waals surface area contributed by atoms with E-state index < -0.39 is 5.97 Å². The van der Waals surface area contributed by atoms with Gasteiger partial charge >= 0.3 is 5.97 Å². The molecule has 0 radical (unpaired) electrons. The summed E-state index contributed by atoms with van der Waals surface area (Å²) in [5.41, 5.74) is 0.194. The molecule has 3 rings (SSSR count). The van der Waals surface area contributed by atoms with E-state index in [1.54, 1.807) is 18.3 Å². The molecule has 2 aliphatic heterocycles. The Hall–Kier alpha value is -1.66. The molecule has 0 bridgehead atoms. The van der Waals surface area contributed by atoms with E-state index in [0.717, 1.165) is 32.4 Å². The number of carboxylic acid groups (broad SMARTS) is 1. The third kappa shape index (κ3) is 2.46. The van der Waals surface area contributed by atoms with Crippen molar-refractivity contribution in [3.8, 4) is 0 Å². The fraction of sp³-hybridized carbons (Fsp3) is 0.625. The molecule has 0 aromatic carbocycles. The number of anilines is 1. The Morgan fingerprint density at radius 1 is 1.45 bits per heavy atom. The summed E-state index contributed by atoms with van der Waals surface area (Å²) in [7, 11) is 2.09. The average molecular weight is 305 g/mol. The number of rotatable bonds is 3. The van der Waals surface area contributed by atoms with Gasteiger partial charge in [-0.05, 0) is 45.0 Å². The van der Waals surface area contributed by atoms with E-state index in [1.165, 1.54) is 0 Å². The van der Waals surface area contributed by atoms with Crippen LogP contribution in [-0.4, -0.2) is 65.4 Å². The average Bonchev–Trinajstić information content (AvgIpc) is 2.55. The molecule has 2 saturated heterocycles. The topological polar surface area (TPSA) is 76.9 Å². The molecule has 2 N–H and O–H groups in total. The molecular formula is C16H23N3O3. The van der Waals surface area contributed by atoms with Gasteiger partial charge in [0.1, 0.15) is 11.4 Å². The van der Waals surface area contributed by atoms with Crippen molar-refractivity contribution < 1.29 is 15.0 Å². The number of piperidine rings is 2. The van der Waals surface area contributed by atoms with Crippen LogP contribution in [0.3, 0.4) is 0 Å². The molecule has 120 valence electrons. The number of aromatic nitrogens is 1. The van der Waals surface area contributed by atoms with Crippen LogP contribution in [0.5, 0.6) is 0 Å². The number of aliphatic hydroxyl groups is 1. The number of nitrogens with zero attached hydrogens (tertiary/aromatic N) is 3. The number of aromatic carboxylic acids is 1. The van der Waals surface area contributed by atoms with Crippen molar-refractivity contribution >= 4 is 11.8 Å². The van der Waals surface area contributed by atoms with Gasteiger partial charge < -0.3 is 20.0 Å². The second-order valence-corrected chi connectivity index (χ2v) is 6.50. The Bertz CT molecular complexity index is 565. The van der Waals surface area contributed by atoms with Crippen molar-refractivity contribution in [1.29, 1.82) is 0 Å². The van der Waals surface area contributed by atoms with Crippen LogP contribution in [0.25, 0.3) is 0 Å². The van der Waals surface area contributed by atoms with E-state index in [0.29, 0.717) is 12.4 Å². The molecular weight excluding hydrogens is 282 g/mol. The first-order valence-corrected chi connectivity index (χ1v) is 7.82. The zero-order valence-corrected chi connectivity index (χ0v) is 12.9. The number of pyridine rings is 1. The van der Waals surface area contributed by atoms with Crippen LogP contribution >= 0.6 is 0 Å². The van der Waals surface area contributed by atoms with Gasteiger partial charge in [0.2, 0.25) is 0 Å². The number of hydrogen-bond acceptors (Lipinski definition) is 5. The predicted molar refractivity (Wildman–Crippen MR) is 83.2 cm³/mol. The van der Waals surface area contributed by atoms with Gasteiger partial charge in [0.15, 0.2) is 0 Å². The fourth-order valence-electron chi connectivity index (χ4n) is 4.02. The van der Waals surface area contributed by atoms with E-state index in [-0.39, 0.29) is 23.6 Å². The summed E-state index contributed by atoms with van der Waals surface area (Å²) >= 11 is 0. The van der Waals surface area contributed by atoms with Gasteiger partial charge in [0, 0.05) is 30.7 Å². The van der Waals surface area contributed by atoms with Gasteiger partial charge in [-0.3, -0.25) is 0 Å². The summed E-state index contributed by atoms with van der Waals surface area (Å²) in [4.78, 5) is 20.1. The molecule has 0 aliphatic carbocycles. The maximum atomic E-state index is 11.4. The zero-order chi connectivity index (χ0) is 15.7. The second-order valence-electron chi connectivity index (χ2n) is 6.50. The highest BCUT2D eigenvalue weighted by Gasteiger charge is 2.46. The Balaban J connectivity index is 1.89. The summed E-state index contributed by atoms with van der Waals surface area (Å²) in [5.74, 6) is -0.403. The summed E-state index contributed by atoms with van der Waals surface area (Å²) in [6.07, 6.45) is 4.66. The van der Waals surface area contributed by atoms with E-state index >= 15 is 0 Å². The quantitative estimate of drug-likeness (QED) is 0.870. The standard InChI is InChI=1S/C16H23N3O3/c1-18-8-3-5-16(11-20)6-9-19(10-13(16)18)14-12(15(21)22)4-2-7-17-14/h2,4,7,13,20H,3,5-6,8-11H2,1H3,(H,21,22)/t13-,16-/m1/s1. The first-order valence-electron chi connectivity index (χ1n) is 7.82. The second kappa shape index (κ2) is 5.85. The summed E-state index contributed by atoms with van der Waals surface area (Å²) in [6.45, 7) is 2.68. The lowest BCUT2D eigenvalue weighted by Gasteiger charge is -2.53. The minimum atomic E-state index is -0.945. The Morgan fingerprint density at radius 2 is 2.27 bits per heavy atom. The highest BCUT2D eigenvalue weighted by molar-refractivity contribution is 5.93. The number of aliphatic hydroxyl groups excluding tert-OH is 1. The number of likely N-dealkylation sites (N-methyl/N-ethyl adjacent to an activating group) is 1. The number of hydrogen-bond donors (Lipinski definition) is 2. The van der Waals surface area contributed by atoms with Crippen molar-refractivity contribution in [2.24, 2.45) is 5.41 Å². The summed E-state index contributed by atoms with van der Waals surface area (Å²) in [5, 5.41) is 19.3. The highest BCUT2D eigenvalue weighted by Crippen LogP contribution is 2.42. The maximum Gasteiger partial charge on any atom is 0.339 e. The first-order chi connectivity index (χ1) is 10.6. The fourth-order valence-corrected chi connectivity index (χ4v) is 4.02. The summed E-state index contributed by atoms with van der Waals surface area (Å²) in [6, 6.07) is 3.49. The van der Waals surface area contributed by atoms with E-state index in [4.69, 9.17) is 0 Å². The molecule has 6 heteroatoms. The smallest absolute Gasteiger partial charge is 0.339 e. The lowest BCUT2D eigenvalue weighted by Crippen LogP contribution is -2.61. The van der Waals surface area contributed by atoms with Crippen LogP contribution in [0.15, 0.2) is 18.3 Å². The predicted octanol–water partition coefficient (Wildman–Crippen LogP) is 1.06. The third-order valence-electron chi connectivity index (χ3n) is 5.33. The van der Waals surface area contributed by atoms with Gasteiger partial charge in [0.25, 0.3) is 0 Å². The molecule has 2 aliphatic rings. The van der Waals surface area contributed by atoms with Crippen molar-refractivity contribution in [2.45, 2.75) is 25.3 Å². The van der Waals surface area contributed by atoms with Gasteiger partial charge in [-0.15, -0.1) is 0 Å². The maximum absolute atomic E-state index is 11.4. The van der Waals surface area contributed by atoms with Crippen LogP contribution < -0.4 is 4.90 Å². The Labute approximate surface area is 130 Å². The number of carbonyl (C=O) groups is 1. The molecule has 6 nitrogen and oxygen atoms in total. The van der Waals surface area contributed by atoms with E-state index in [1.807, 2.05) is 0 Å². The third-order valence-corrected chi connectivity index (χ3v) is 5.33. The van der Waals surface area contributed by atoms with Gasteiger partial charge in [-0.25, -0.2) is 9.78 Å². The molecule has 2 fully saturated rings. The molecule has 1 aromatic rings. The normalized spacial score (nSPS) is 29.2. The number of fused-ring (bicyclic) bond motifs is 1. The molecule has 0 unspecified atom stereocenters. The molecule has 22 heavy (non-hydrogen) atoms. The van der Waals surface area contributed by atoms with Crippen LogP contribution in [0, 0.1) is 5.41 Å². The van der Waals surface area contributed by atoms with Gasteiger partial charge in [0.05, 0.1) is 6.61 Å². The van der Waals surface area contributed by atoms with Crippen molar-refractivity contribution in [1.82, 2.24) is 9.88 Å². The monoisotopic (exact) mass is 305 g/mol. The molecule has 1 aromatic heterocycles. The minimum absolute atomic E-state index is 0.0539. The van der Waals surface area contributed by atoms with Crippen LogP contribution in [0.4, 0.5) is 5.82 Å².